The number of piperidine rings is 1. The van der Waals surface area contributed by atoms with Crippen molar-refractivity contribution in [2.45, 2.75) is 71.0 Å². The second-order valence-corrected chi connectivity index (χ2v) is 8.39. The third kappa shape index (κ3) is 2.34. The van der Waals surface area contributed by atoms with Crippen LogP contribution in [0.5, 0.6) is 0 Å². The summed E-state index contributed by atoms with van der Waals surface area (Å²) in [4.78, 5) is 38.0. The Bertz CT molecular complexity index is 633. The molecule has 1 amide bonds. The van der Waals surface area contributed by atoms with Crippen LogP contribution in [0.1, 0.15) is 53.4 Å². The number of ketones is 1. The first kappa shape index (κ1) is 17.2. The van der Waals surface area contributed by atoms with Gasteiger partial charge in [-0.05, 0) is 51.0 Å². The van der Waals surface area contributed by atoms with Crippen LogP contribution in [-0.2, 0) is 24.1 Å². The minimum Gasteiger partial charge on any atom is -0.320 e. The van der Waals surface area contributed by atoms with Crippen molar-refractivity contribution >= 4 is 11.7 Å². The summed E-state index contributed by atoms with van der Waals surface area (Å²) in [6, 6.07) is 0. The lowest BCUT2D eigenvalue weighted by Gasteiger charge is -2.61. The summed E-state index contributed by atoms with van der Waals surface area (Å²) < 4.78 is 6.34. The number of hydrogen-bond acceptors (Lipinski definition) is 5. The average molecular weight is 349 g/mol. The summed E-state index contributed by atoms with van der Waals surface area (Å²) in [7, 11) is 0. The Kier molecular flexibility index (Phi) is 3.87. The van der Waals surface area contributed by atoms with Crippen LogP contribution in [0, 0.1) is 23.7 Å². The van der Waals surface area contributed by atoms with Gasteiger partial charge in [0.25, 0.3) is 0 Å². The second kappa shape index (κ2) is 5.63. The van der Waals surface area contributed by atoms with E-state index in [1.165, 1.54) is 13.0 Å². The molecule has 0 aromatic heterocycles. The lowest BCUT2D eigenvalue weighted by molar-refractivity contribution is -0.546. The maximum atomic E-state index is 13.1. The molecule has 1 aliphatic carbocycles. The van der Waals surface area contributed by atoms with Crippen LogP contribution in [0.3, 0.4) is 0 Å². The van der Waals surface area contributed by atoms with E-state index in [4.69, 9.17) is 14.5 Å². The lowest BCUT2D eigenvalue weighted by Crippen LogP contribution is -2.74. The largest absolute Gasteiger partial charge is 0.320 e. The predicted octanol–water partition coefficient (Wildman–Crippen LogP) is 2.78. The number of ether oxygens (including phenoxy) is 1. The number of allylic oxidation sites excluding steroid dienone is 1. The molecule has 0 aromatic carbocycles. The lowest BCUT2D eigenvalue weighted by atomic mass is 9.57. The molecule has 25 heavy (non-hydrogen) atoms. The first-order valence-electron chi connectivity index (χ1n) is 9.34. The number of nitrogens with zero attached hydrogens (tertiary/aromatic N) is 1. The van der Waals surface area contributed by atoms with Gasteiger partial charge < -0.3 is 4.74 Å². The fourth-order valence-corrected chi connectivity index (χ4v) is 5.43. The van der Waals surface area contributed by atoms with E-state index in [1.54, 1.807) is 11.1 Å². The van der Waals surface area contributed by atoms with E-state index >= 15 is 0 Å². The molecule has 1 saturated carbocycles. The molecule has 0 radical (unpaired) electrons. The second-order valence-electron chi connectivity index (χ2n) is 8.39. The molecule has 2 bridgehead atoms. The highest BCUT2D eigenvalue weighted by molar-refractivity contribution is 5.88. The molecule has 0 N–H and O–H groups in total. The third-order valence-corrected chi connectivity index (χ3v) is 6.77. The zero-order valence-electron chi connectivity index (χ0n) is 15.4. The zero-order chi connectivity index (χ0) is 18.0. The van der Waals surface area contributed by atoms with Gasteiger partial charge in [0.2, 0.25) is 11.7 Å². The first-order chi connectivity index (χ1) is 11.8. The Morgan fingerprint density at radius 2 is 1.96 bits per heavy atom. The Labute approximate surface area is 148 Å². The molecule has 4 heterocycles. The molecular weight excluding hydrogens is 322 g/mol. The van der Waals surface area contributed by atoms with E-state index in [-0.39, 0.29) is 29.4 Å². The van der Waals surface area contributed by atoms with Crippen molar-refractivity contribution in [3.63, 3.8) is 0 Å². The summed E-state index contributed by atoms with van der Waals surface area (Å²) in [6.07, 6.45) is 6.15. The Balaban J connectivity index is 1.85. The SMILES string of the molecule is CC(=O)/C=C/N1C(=O)[C@H](C)[C@@H]2CC[C@@H](C)[C@@H]3CC[C@@]4(C)OO[C@]32[C@H]1O4. The monoisotopic (exact) mass is 349 g/mol. The van der Waals surface area contributed by atoms with Crippen molar-refractivity contribution in [3.05, 3.63) is 12.3 Å². The predicted molar refractivity (Wildman–Crippen MR) is 88.6 cm³/mol. The van der Waals surface area contributed by atoms with E-state index in [0.29, 0.717) is 5.92 Å². The molecular formula is C19H27NO5. The van der Waals surface area contributed by atoms with E-state index in [2.05, 4.69) is 6.92 Å². The number of rotatable bonds is 2. The van der Waals surface area contributed by atoms with Crippen LogP contribution in [0.25, 0.3) is 0 Å². The van der Waals surface area contributed by atoms with Gasteiger partial charge in [0.15, 0.2) is 17.6 Å². The van der Waals surface area contributed by atoms with Crippen LogP contribution in [0.4, 0.5) is 0 Å². The highest BCUT2D eigenvalue weighted by atomic mass is 17.3. The number of amides is 1. The van der Waals surface area contributed by atoms with Crippen molar-refractivity contribution in [2.24, 2.45) is 23.7 Å². The summed E-state index contributed by atoms with van der Waals surface area (Å²) in [5.74, 6) is -0.356. The number of fused-ring (bicyclic) bond motifs is 2. The molecule has 0 unspecified atom stereocenters. The van der Waals surface area contributed by atoms with E-state index in [9.17, 15) is 9.59 Å². The van der Waals surface area contributed by atoms with Crippen LogP contribution in [0.15, 0.2) is 12.3 Å². The van der Waals surface area contributed by atoms with Gasteiger partial charge in [0.1, 0.15) is 0 Å². The van der Waals surface area contributed by atoms with Crippen LogP contribution >= 0.6 is 0 Å². The van der Waals surface area contributed by atoms with Gasteiger partial charge in [-0.25, -0.2) is 9.78 Å². The molecule has 7 atom stereocenters. The van der Waals surface area contributed by atoms with E-state index < -0.39 is 17.6 Å². The first-order valence-corrected chi connectivity index (χ1v) is 9.34. The molecule has 6 nitrogen and oxygen atoms in total. The fraction of sp³-hybridized carbons (Fsp3) is 0.789. The van der Waals surface area contributed by atoms with Crippen LogP contribution < -0.4 is 0 Å². The standard InChI is InChI=1S/C19H27NO5/c1-11-5-6-15-13(3)16(22)20(10-8-12(2)21)17-19(15)14(11)7-9-18(4,23-17)24-25-19/h8,10-11,13-15,17H,5-7,9H2,1-4H3/b10-8+/t11-,13-,14+,15+,17-,18-,19-/m1/s1. The normalized spacial score (nSPS) is 49.2. The molecule has 4 saturated heterocycles. The maximum absolute atomic E-state index is 13.1. The van der Waals surface area contributed by atoms with Gasteiger partial charge in [0, 0.05) is 24.5 Å². The van der Waals surface area contributed by atoms with Gasteiger partial charge in [0.05, 0.1) is 0 Å². The maximum Gasteiger partial charge on any atom is 0.231 e. The third-order valence-electron chi connectivity index (χ3n) is 6.77. The number of carbonyl (C=O) groups is 2. The fourth-order valence-electron chi connectivity index (χ4n) is 5.43. The number of carbonyl (C=O) groups excluding carboxylic acids is 2. The average Bonchev–Trinajstić information content (AvgIpc) is 2.79. The minimum atomic E-state index is -0.860. The van der Waals surface area contributed by atoms with E-state index in [0.717, 1.165) is 25.7 Å². The summed E-state index contributed by atoms with van der Waals surface area (Å²) in [5.41, 5.74) is -0.665. The van der Waals surface area contributed by atoms with Gasteiger partial charge in [-0.2, -0.15) is 0 Å². The van der Waals surface area contributed by atoms with Crippen molar-refractivity contribution < 1.29 is 24.1 Å². The van der Waals surface area contributed by atoms with Gasteiger partial charge in [-0.15, -0.1) is 0 Å². The number of hydrogen-bond donors (Lipinski definition) is 0. The van der Waals surface area contributed by atoms with Crippen LogP contribution in [0.2, 0.25) is 0 Å². The molecule has 4 aliphatic heterocycles. The van der Waals surface area contributed by atoms with E-state index in [1.807, 2.05) is 13.8 Å². The summed E-state index contributed by atoms with van der Waals surface area (Å²) in [5, 5.41) is 0. The Morgan fingerprint density at radius 3 is 2.68 bits per heavy atom. The highest BCUT2D eigenvalue weighted by Gasteiger charge is 2.70. The zero-order valence-corrected chi connectivity index (χ0v) is 15.4. The molecule has 5 rings (SSSR count). The molecule has 0 aromatic rings. The van der Waals surface area contributed by atoms with Crippen LogP contribution in [-0.4, -0.2) is 34.2 Å². The Morgan fingerprint density at radius 1 is 1.20 bits per heavy atom. The topological polar surface area (TPSA) is 65.1 Å². The number of likely N-dealkylation sites (tertiary alicyclic amines) is 1. The molecule has 6 heteroatoms. The van der Waals surface area contributed by atoms with Crippen molar-refractivity contribution in [1.29, 1.82) is 0 Å². The molecule has 1 spiro atoms. The summed E-state index contributed by atoms with van der Waals surface area (Å²) in [6.45, 7) is 7.56. The molecule has 5 fully saturated rings. The molecule has 5 aliphatic rings. The Hall–Kier alpha value is -1.24. The minimum absolute atomic E-state index is 0.00817. The quantitative estimate of drug-likeness (QED) is 0.566. The smallest absolute Gasteiger partial charge is 0.231 e. The van der Waals surface area contributed by atoms with Crippen molar-refractivity contribution in [2.75, 3.05) is 0 Å². The van der Waals surface area contributed by atoms with Crippen molar-refractivity contribution in [3.8, 4) is 0 Å². The van der Waals surface area contributed by atoms with Gasteiger partial charge in [-0.3, -0.25) is 14.5 Å². The summed E-state index contributed by atoms with van der Waals surface area (Å²) >= 11 is 0. The van der Waals surface area contributed by atoms with Crippen molar-refractivity contribution in [1.82, 2.24) is 4.90 Å². The van der Waals surface area contributed by atoms with Gasteiger partial charge >= 0.3 is 0 Å². The highest BCUT2D eigenvalue weighted by Crippen LogP contribution is 2.60. The van der Waals surface area contributed by atoms with Gasteiger partial charge in [-0.1, -0.05) is 13.8 Å². The molecule has 138 valence electrons.